The van der Waals surface area contributed by atoms with E-state index in [0.29, 0.717) is 11.5 Å². The number of ether oxygens (including phenoxy) is 3. The summed E-state index contributed by atoms with van der Waals surface area (Å²) in [5.41, 5.74) is 0.293. The number of hydrogen-bond donors (Lipinski definition) is 2. The average Bonchev–Trinajstić information content (AvgIpc) is 2.64. The first-order valence-electron chi connectivity index (χ1n) is 7.60. The molecule has 0 saturated carbocycles. The smallest absolute Gasteiger partial charge is 0.242 e. The number of carbonyl (C=O) groups excluding carboxylic acids is 1. The van der Waals surface area contributed by atoms with Gasteiger partial charge in [-0.25, -0.2) is 13.6 Å². The first-order chi connectivity index (χ1) is 12.7. The van der Waals surface area contributed by atoms with E-state index in [2.05, 4.69) is 0 Å². The number of rotatable bonds is 7. The molecule has 0 heterocycles. The fraction of sp³-hybridized carbons (Fsp3) is 0.167. The minimum absolute atomic E-state index is 0.0385. The molecule has 3 N–H and O–H groups in total. The summed E-state index contributed by atoms with van der Waals surface area (Å²) in [4.78, 5) is 12.0. The molecule has 8 nitrogen and oxygen atoms in total. The van der Waals surface area contributed by atoms with Gasteiger partial charge in [-0.15, -0.1) is 0 Å². The molecule has 2 aromatic rings. The Morgan fingerprint density at radius 3 is 2.26 bits per heavy atom. The van der Waals surface area contributed by atoms with Gasteiger partial charge >= 0.3 is 0 Å². The third-order valence-corrected chi connectivity index (χ3v) is 4.72. The fourth-order valence-electron chi connectivity index (χ4n) is 2.42. The summed E-state index contributed by atoms with van der Waals surface area (Å²) in [5.74, 6) is -0.307. The number of primary sulfonamides is 1. The first-order valence-corrected chi connectivity index (χ1v) is 9.14. The van der Waals surface area contributed by atoms with Crippen LogP contribution in [0.4, 0.5) is 0 Å². The lowest BCUT2D eigenvalue weighted by molar-refractivity contribution is 0.104. The van der Waals surface area contributed by atoms with E-state index in [0.717, 1.165) is 6.08 Å². The molecule has 0 aromatic heterocycles. The molecule has 0 amide bonds. The van der Waals surface area contributed by atoms with E-state index in [1.54, 1.807) is 12.1 Å². The van der Waals surface area contributed by atoms with Crippen LogP contribution in [-0.4, -0.2) is 40.6 Å². The van der Waals surface area contributed by atoms with Gasteiger partial charge in [0.05, 0.1) is 26.9 Å². The zero-order chi connectivity index (χ0) is 20.2. The number of benzene rings is 2. The highest BCUT2D eigenvalue weighted by Gasteiger charge is 2.22. The van der Waals surface area contributed by atoms with Crippen molar-refractivity contribution in [3.8, 4) is 23.0 Å². The first kappa shape index (κ1) is 20.3. The number of nitrogens with two attached hydrogens (primary N) is 1. The van der Waals surface area contributed by atoms with Gasteiger partial charge in [-0.05, 0) is 42.0 Å². The van der Waals surface area contributed by atoms with Crippen LogP contribution in [0.2, 0.25) is 0 Å². The van der Waals surface area contributed by atoms with Gasteiger partial charge < -0.3 is 19.3 Å². The van der Waals surface area contributed by atoms with Gasteiger partial charge in [0.15, 0.2) is 17.3 Å². The van der Waals surface area contributed by atoms with E-state index in [4.69, 9.17) is 19.3 Å². The SMILES string of the molecule is COc1ccc(C(=O)/C=C/c2ccc(OC)c(O)c2S(N)(=O)=O)c(OC)c1. The highest BCUT2D eigenvalue weighted by molar-refractivity contribution is 7.89. The molecule has 0 aliphatic heterocycles. The topological polar surface area (TPSA) is 125 Å². The molecule has 9 heteroatoms. The number of allylic oxidation sites excluding steroid dienone is 1. The van der Waals surface area contributed by atoms with Gasteiger partial charge in [-0.1, -0.05) is 0 Å². The van der Waals surface area contributed by atoms with Crippen LogP contribution < -0.4 is 19.3 Å². The second-order valence-corrected chi connectivity index (χ2v) is 6.84. The number of phenolic OH excluding ortho intramolecular Hbond substituents is 1. The number of carbonyl (C=O) groups is 1. The number of sulfonamides is 1. The summed E-state index contributed by atoms with van der Waals surface area (Å²) >= 11 is 0. The highest BCUT2D eigenvalue weighted by atomic mass is 32.2. The van der Waals surface area contributed by atoms with Gasteiger partial charge in [0.1, 0.15) is 16.4 Å². The van der Waals surface area contributed by atoms with Crippen molar-refractivity contribution in [2.75, 3.05) is 21.3 Å². The van der Waals surface area contributed by atoms with Crippen LogP contribution in [0.3, 0.4) is 0 Å². The molecule has 27 heavy (non-hydrogen) atoms. The van der Waals surface area contributed by atoms with Crippen LogP contribution >= 0.6 is 0 Å². The minimum atomic E-state index is -4.26. The van der Waals surface area contributed by atoms with Crippen LogP contribution in [0.25, 0.3) is 6.08 Å². The Balaban J connectivity index is 2.47. The lowest BCUT2D eigenvalue weighted by Gasteiger charge is -2.10. The van der Waals surface area contributed by atoms with E-state index in [9.17, 15) is 18.3 Å². The second kappa shape index (κ2) is 8.11. The maximum atomic E-state index is 12.5. The molecular formula is C18H19NO7S. The summed E-state index contributed by atoms with van der Waals surface area (Å²) in [7, 11) is -0.0903. The summed E-state index contributed by atoms with van der Waals surface area (Å²) in [6.45, 7) is 0. The van der Waals surface area contributed by atoms with Crippen LogP contribution in [0.1, 0.15) is 15.9 Å². The number of aromatic hydroxyl groups is 1. The van der Waals surface area contributed by atoms with Crippen molar-refractivity contribution in [1.29, 1.82) is 0 Å². The molecule has 0 radical (unpaired) electrons. The lowest BCUT2D eigenvalue weighted by Crippen LogP contribution is -2.14. The normalized spacial score (nSPS) is 11.4. The van der Waals surface area contributed by atoms with Crippen molar-refractivity contribution in [3.63, 3.8) is 0 Å². The molecular weight excluding hydrogens is 374 g/mol. The van der Waals surface area contributed by atoms with Gasteiger partial charge in [-0.2, -0.15) is 0 Å². The van der Waals surface area contributed by atoms with Gasteiger partial charge in [0, 0.05) is 6.07 Å². The van der Waals surface area contributed by atoms with E-state index < -0.39 is 26.5 Å². The summed E-state index contributed by atoms with van der Waals surface area (Å²) < 4.78 is 38.8. The number of phenols is 1. The average molecular weight is 393 g/mol. The van der Waals surface area contributed by atoms with Crippen molar-refractivity contribution in [2.24, 2.45) is 5.14 Å². The van der Waals surface area contributed by atoms with Crippen molar-refractivity contribution in [1.82, 2.24) is 0 Å². The lowest BCUT2D eigenvalue weighted by atomic mass is 10.1. The zero-order valence-corrected chi connectivity index (χ0v) is 15.7. The molecule has 144 valence electrons. The predicted octanol–water partition coefficient (Wildman–Crippen LogP) is 1.96. The molecule has 0 unspecified atom stereocenters. The Bertz CT molecular complexity index is 997. The number of methoxy groups -OCH3 is 3. The third-order valence-electron chi connectivity index (χ3n) is 3.72. The number of ketones is 1. The highest BCUT2D eigenvalue weighted by Crippen LogP contribution is 2.35. The monoisotopic (exact) mass is 393 g/mol. The quantitative estimate of drug-likeness (QED) is 0.544. The Kier molecular flexibility index (Phi) is 6.09. The van der Waals surface area contributed by atoms with Crippen LogP contribution in [0.15, 0.2) is 41.3 Å². The Morgan fingerprint density at radius 2 is 1.70 bits per heavy atom. The van der Waals surface area contributed by atoms with Crippen molar-refractivity contribution in [2.45, 2.75) is 4.90 Å². The molecule has 0 atom stereocenters. The summed E-state index contributed by atoms with van der Waals surface area (Å²) in [6, 6.07) is 7.40. The molecule has 0 fully saturated rings. The van der Waals surface area contributed by atoms with Crippen molar-refractivity contribution >= 4 is 21.9 Å². The molecule has 2 aromatic carbocycles. The zero-order valence-electron chi connectivity index (χ0n) is 14.9. The molecule has 2 rings (SSSR count). The van der Waals surface area contributed by atoms with Crippen LogP contribution in [0, 0.1) is 0 Å². The Morgan fingerprint density at radius 1 is 1.04 bits per heavy atom. The summed E-state index contributed by atoms with van der Waals surface area (Å²) in [5, 5.41) is 15.3. The van der Waals surface area contributed by atoms with Gasteiger partial charge in [-0.3, -0.25) is 4.79 Å². The fourth-order valence-corrected chi connectivity index (χ4v) is 3.26. The van der Waals surface area contributed by atoms with E-state index in [1.807, 2.05) is 0 Å². The predicted molar refractivity (Wildman–Crippen MR) is 98.9 cm³/mol. The van der Waals surface area contributed by atoms with Crippen molar-refractivity contribution < 1.29 is 32.5 Å². The Labute approximate surface area is 156 Å². The molecule has 0 saturated heterocycles. The van der Waals surface area contributed by atoms with Crippen LogP contribution in [0.5, 0.6) is 23.0 Å². The number of hydrogen-bond acceptors (Lipinski definition) is 7. The summed E-state index contributed by atoms with van der Waals surface area (Å²) in [6.07, 6.45) is 2.39. The third kappa shape index (κ3) is 4.39. The molecule has 0 bridgehead atoms. The maximum absolute atomic E-state index is 12.5. The van der Waals surface area contributed by atoms with Gasteiger partial charge in [0.25, 0.3) is 0 Å². The second-order valence-electron chi connectivity index (χ2n) is 5.34. The maximum Gasteiger partial charge on any atom is 0.242 e. The molecule has 0 spiro atoms. The standard InChI is InChI=1S/C18H19NO7S/c1-24-12-6-7-13(16(10-12)26-3)14(20)8-4-11-5-9-15(25-2)17(21)18(11)27(19,22)23/h4-10,21H,1-3H3,(H2,19,22,23)/b8-4+. The minimum Gasteiger partial charge on any atom is -0.503 e. The van der Waals surface area contributed by atoms with E-state index >= 15 is 0 Å². The largest absolute Gasteiger partial charge is 0.503 e. The van der Waals surface area contributed by atoms with Gasteiger partial charge in [0.2, 0.25) is 10.0 Å². The molecule has 0 aliphatic rings. The van der Waals surface area contributed by atoms with E-state index in [-0.39, 0.29) is 16.9 Å². The van der Waals surface area contributed by atoms with Crippen molar-refractivity contribution in [3.05, 3.63) is 47.5 Å². The van der Waals surface area contributed by atoms with Crippen LogP contribution in [-0.2, 0) is 10.0 Å². The Hall–Kier alpha value is -3.04. The molecule has 0 aliphatic carbocycles. The van der Waals surface area contributed by atoms with E-state index in [1.165, 1.54) is 45.6 Å².